The molecule has 8 heteroatoms. The van der Waals surface area contributed by atoms with E-state index in [1.54, 1.807) is 30.7 Å². The van der Waals surface area contributed by atoms with Gasteiger partial charge in [0.2, 0.25) is 5.91 Å². The number of rotatable bonds is 4. The van der Waals surface area contributed by atoms with Gasteiger partial charge in [0.05, 0.1) is 11.9 Å². The van der Waals surface area contributed by atoms with Crippen LogP contribution in [0.25, 0.3) is 11.3 Å². The molecule has 1 aliphatic rings. The van der Waals surface area contributed by atoms with Crippen LogP contribution in [0.2, 0.25) is 0 Å². The van der Waals surface area contributed by atoms with Gasteiger partial charge in [0.25, 0.3) is 0 Å². The zero-order valence-corrected chi connectivity index (χ0v) is 15.3. The van der Waals surface area contributed by atoms with Crippen LogP contribution in [-0.4, -0.2) is 47.0 Å². The Morgan fingerprint density at radius 2 is 1.57 bits per heavy atom. The van der Waals surface area contributed by atoms with E-state index in [2.05, 4.69) is 19.8 Å². The lowest BCUT2D eigenvalue weighted by Crippen LogP contribution is -2.47. The predicted molar refractivity (Wildman–Crippen MR) is 109 cm³/mol. The van der Waals surface area contributed by atoms with Crippen LogP contribution in [0.15, 0.2) is 55.0 Å². The second kappa shape index (κ2) is 7.51. The Bertz CT molecular complexity index is 968. The largest absolute Gasteiger partial charge is 0.381 e. The number of nitrogens with two attached hydrogens (primary N) is 2. The van der Waals surface area contributed by atoms with E-state index in [-0.39, 0.29) is 0 Å². The Labute approximate surface area is 162 Å². The van der Waals surface area contributed by atoms with E-state index >= 15 is 0 Å². The Kier molecular flexibility index (Phi) is 4.76. The van der Waals surface area contributed by atoms with E-state index in [9.17, 15) is 4.79 Å². The summed E-state index contributed by atoms with van der Waals surface area (Å²) in [5.41, 5.74) is 14.6. The average molecular weight is 375 g/mol. The lowest BCUT2D eigenvalue weighted by molar-refractivity contribution is 0.100. The minimum absolute atomic E-state index is 0.412. The van der Waals surface area contributed by atoms with Gasteiger partial charge in [0.15, 0.2) is 11.6 Å². The van der Waals surface area contributed by atoms with Crippen molar-refractivity contribution in [2.75, 3.05) is 41.7 Å². The molecule has 0 saturated carbocycles. The third kappa shape index (κ3) is 3.57. The highest BCUT2D eigenvalue weighted by molar-refractivity contribution is 5.93. The maximum Gasteiger partial charge on any atom is 0.248 e. The first-order valence-corrected chi connectivity index (χ1v) is 9.04. The molecule has 0 spiro atoms. The molecule has 2 aromatic heterocycles. The zero-order chi connectivity index (χ0) is 19.5. The number of aromatic nitrogens is 3. The van der Waals surface area contributed by atoms with Crippen molar-refractivity contribution in [2.45, 2.75) is 0 Å². The number of hydrogen-bond donors (Lipinski definition) is 2. The van der Waals surface area contributed by atoms with Crippen molar-refractivity contribution in [3.05, 3.63) is 60.6 Å². The molecule has 0 aliphatic carbocycles. The molecule has 1 aromatic carbocycles. The number of hydrogen-bond acceptors (Lipinski definition) is 7. The summed E-state index contributed by atoms with van der Waals surface area (Å²) in [5.74, 6) is 0.642. The van der Waals surface area contributed by atoms with Crippen LogP contribution < -0.4 is 21.3 Å². The number of nitrogens with zero attached hydrogens (tertiary/aromatic N) is 5. The number of nitrogen functional groups attached to an aromatic ring is 1. The second-order valence-electron chi connectivity index (χ2n) is 6.59. The standard InChI is InChI=1S/C20H21N7O/c21-18-20(27-11-9-26(10-12-27)16-5-7-23-8-6-16)25-17(13-24-18)14-1-3-15(4-2-14)19(22)28/h1-8,13H,9-12H2,(H2,21,24)(H2,22,28). The summed E-state index contributed by atoms with van der Waals surface area (Å²) >= 11 is 0. The molecule has 3 aromatic rings. The second-order valence-corrected chi connectivity index (χ2v) is 6.59. The molecule has 142 valence electrons. The van der Waals surface area contributed by atoms with E-state index in [1.165, 1.54) is 0 Å². The SMILES string of the molecule is NC(=O)c1ccc(-c2cnc(N)c(N3CCN(c4ccncc4)CC3)n2)cc1. The zero-order valence-electron chi connectivity index (χ0n) is 15.3. The molecule has 1 aliphatic heterocycles. The highest BCUT2D eigenvalue weighted by Crippen LogP contribution is 2.26. The summed E-state index contributed by atoms with van der Waals surface area (Å²) in [7, 11) is 0. The Morgan fingerprint density at radius 3 is 2.21 bits per heavy atom. The van der Waals surface area contributed by atoms with E-state index < -0.39 is 5.91 Å². The third-order valence-electron chi connectivity index (χ3n) is 4.85. The molecule has 1 fully saturated rings. The molecular formula is C20H21N7O. The number of piperazine rings is 1. The Hall–Kier alpha value is -3.68. The van der Waals surface area contributed by atoms with Gasteiger partial charge in [-0.05, 0) is 24.3 Å². The van der Waals surface area contributed by atoms with Crippen molar-refractivity contribution in [1.82, 2.24) is 15.0 Å². The number of anilines is 3. The molecule has 4 N–H and O–H groups in total. The monoisotopic (exact) mass is 375 g/mol. The van der Waals surface area contributed by atoms with Crippen LogP contribution >= 0.6 is 0 Å². The van der Waals surface area contributed by atoms with E-state index in [0.717, 1.165) is 37.4 Å². The minimum Gasteiger partial charge on any atom is -0.381 e. The van der Waals surface area contributed by atoms with Gasteiger partial charge >= 0.3 is 0 Å². The molecule has 8 nitrogen and oxygen atoms in total. The van der Waals surface area contributed by atoms with Crippen LogP contribution in [0.3, 0.4) is 0 Å². The number of carbonyl (C=O) groups is 1. The molecule has 0 bridgehead atoms. The topological polar surface area (TPSA) is 114 Å². The van der Waals surface area contributed by atoms with Crippen molar-refractivity contribution in [2.24, 2.45) is 5.73 Å². The van der Waals surface area contributed by atoms with Crippen LogP contribution in [0, 0.1) is 0 Å². The maximum absolute atomic E-state index is 11.2. The fraction of sp³-hybridized carbons (Fsp3) is 0.200. The summed E-state index contributed by atoms with van der Waals surface area (Å²) in [4.78, 5) is 28.8. The summed E-state index contributed by atoms with van der Waals surface area (Å²) in [6.45, 7) is 3.32. The fourth-order valence-corrected chi connectivity index (χ4v) is 3.30. The Balaban J connectivity index is 1.52. The van der Waals surface area contributed by atoms with E-state index in [4.69, 9.17) is 16.5 Å². The van der Waals surface area contributed by atoms with Crippen LogP contribution in [0.1, 0.15) is 10.4 Å². The average Bonchev–Trinajstić information content (AvgIpc) is 2.75. The summed E-state index contributed by atoms with van der Waals surface area (Å²) < 4.78 is 0. The summed E-state index contributed by atoms with van der Waals surface area (Å²) in [6, 6.07) is 11.0. The molecule has 1 saturated heterocycles. The lowest BCUT2D eigenvalue weighted by Gasteiger charge is -2.36. The molecule has 1 amide bonds. The van der Waals surface area contributed by atoms with Crippen molar-refractivity contribution < 1.29 is 4.79 Å². The molecule has 3 heterocycles. The van der Waals surface area contributed by atoms with Gasteiger partial charge in [-0.15, -0.1) is 0 Å². The summed E-state index contributed by atoms with van der Waals surface area (Å²) in [6.07, 6.45) is 5.25. The van der Waals surface area contributed by atoms with Gasteiger partial charge in [-0.2, -0.15) is 0 Å². The van der Waals surface area contributed by atoms with Crippen LogP contribution in [-0.2, 0) is 0 Å². The Morgan fingerprint density at radius 1 is 0.929 bits per heavy atom. The number of benzene rings is 1. The van der Waals surface area contributed by atoms with Crippen molar-refractivity contribution >= 4 is 23.2 Å². The lowest BCUT2D eigenvalue weighted by atomic mass is 10.1. The third-order valence-corrected chi connectivity index (χ3v) is 4.85. The van der Waals surface area contributed by atoms with Crippen LogP contribution in [0.5, 0.6) is 0 Å². The van der Waals surface area contributed by atoms with E-state index in [1.807, 2.05) is 24.3 Å². The molecular weight excluding hydrogens is 354 g/mol. The van der Waals surface area contributed by atoms with Gasteiger partial charge < -0.3 is 21.3 Å². The summed E-state index contributed by atoms with van der Waals surface area (Å²) in [5, 5.41) is 0. The predicted octanol–water partition coefficient (Wildman–Crippen LogP) is 1.55. The van der Waals surface area contributed by atoms with Crippen molar-refractivity contribution in [1.29, 1.82) is 0 Å². The highest BCUT2D eigenvalue weighted by Gasteiger charge is 2.21. The first-order chi connectivity index (χ1) is 13.6. The van der Waals surface area contributed by atoms with Gasteiger partial charge in [-0.1, -0.05) is 12.1 Å². The number of amides is 1. The molecule has 28 heavy (non-hydrogen) atoms. The smallest absolute Gasteiger partial charge is 0.248 e. The quantitative estimate of drug-likeness (QED) is 0.711. The molecule has 4 rings (SSSR count). The maximum atomic E-state index is 11.2. The number of carbonyl (C=O) groups excluding carboxylic acids is 1. The molecule has 0 atom stereocenters. The van der Waals surface area contributed by atoms with E-state index in [0.29, 0.717) is 22.9 Å². The molecule has 0 radical (unpaired) electrons. The highest BCUT2D eigenvalue weighted by atomic mass is 16.1. The first kappa shape index (κ1) is 17.7. The molecule has 0 unspecified atom stereocenters. The normalized spacial score (nSPS) is 14.1. The number of pyridine rings is 1. The van der Waals surface area contributed by atoms with Gasteiger partial charge in [0, 0.05) is 55.4 Å². The van der Waals surface area contributed by atoms with Gasteiger partial charge in [-0.25, -0.2) is 9.97 Å². The van der Waals surface area contributed by atoms with Crippen molar-refractivity contribution in [3.63, 3.8) is 0 Å². The van der Waals surface area contributed by atoms with Crippen molar-refractivity contribution in [3.8, 4) is 11.3 Å². The fourth-order valence-electron chi connectivity index (χ4n) is 3.30. The van der Waals surface area contributed by atoms with Crippen LogP contribution in [0.4, 0.5) is 17.3 Å². The number of primary amides is 1. The van der Waals surface area contributed by atoms with Gasteiger partial charge in [0.1, 0.15) is 0 Å². The van der Waals surface area contributed by atoms with Gasteiger partial charge in [-0.3, -0.25) is 9.78 Å². The minimum atomic E-state index is -0.456. The first-order valence-electron chi connectivity index (χ1n) is 9.04.